The molecule has 21 heavy (non-hydrogen) atoms. The third kappa shape index (κ3) is 5.28. The van der Waals surface area contributed by atoms with Gasteiger partial charge in [0.1, 0.15) is 10.6 Å². The van der Waals surface area contributed by atoms with Crippen LogP contribution in [0, 0.1) is 0 Å². The van der Waals surface area contributed by atoms with E-state index in [-0.39, 0.29) is 10.9 Å². The van der Waals surface area contributed by atoms with Gasteiger partial charge in [0.05, 0.1) is 7.11 Å². The largest absolute Gasteiger partial charge is 0.495 e. The molecule has 6 nitrogen and oxygen atoms in total. The summed E-state index contributed by atoms with van der Waals surface area (Å²) in [5.41, 5.74) is 6.38. The molecule has 7 heteroatoms. The van der Waals surface area contributed by atoms with E-state index in [1.807, 2.05) is 25.9 Å². The average Bonchev–Trinajstić information content (AvgIpc) is 2.43. The maximum atomic E-state index is 12.4. The number of methoxy groups -OCH3 is 1. The first-order valence-corrected chi connectivity index (χ1v) is 8.32. The highest BCUT2D eigenvalue weighted by molar-refractivity contribution is 7.89. The number of rotatable bonds is 8. The van der Waals surface area contributed by atoms with Gasteiger partial charge in [-0.05, 0) is 51.7 Å². The molecule has 1 unspecified atom stereocenters. The van der Waals surface area contributed by atoms with E-state index in [1.54, 1.807) is 12.1 Å². The van der Waals surface area contributed by atoms with Crippen LogP contribution in [-0.4, -0.2) is 47.1 Å². The van der Waals surface area contributed by atoms with Gasteiger partial charge in [0.2, 0.25) is 10.0 Å². The molecule has 0 bridgehead atoms. The minimum Gasteiger partial charge on any atom is -0.495 e. The maximum Gasteiger partial charge on any atom is 0.244 e. The molecule has 1 atom stereocenters. The summed E-state index contributed by atoms with van der Waals surface area (Å²) in [5, 5.41) is 0. The quantitative estimate of drug-likeness (QED) is 0.740. The molecule has 0 saturated heterocycles. The fourth-order valence-electron chi connectivity index (χ4n) is 1.90. The summed E-state index contributed by atoms with van der Waals surface area (Å²) >= 11 is 0. The van der Waals surface area contributed by atoms with E-state index in [4.69, 9.17) is 10.5 Å². The van der Waals surface area contributed by atoms with Gasteiger partial charge in [0.15, 0.2) is 0 Å². The van der Waals surface area contributed by atoms with Crippen LogP contribution in [0.25, 0.3) is 0 Å². The smallest absolute Gasteiger partial charge is 0.244 e. The summed E-state index contributed by atoms with van der Waals surface area (Å²) in [5.74, 6) is 0.310. The molecular formula is C14H25N3O3S. The number of nitrogens with two attached hydrogens (primary N) is 1. The van der Waals surface area contributed by atoms with E-state index < -0.39 is 10.0 Å². The lowest BCUT2D eigenvalue weighted by atomic mass is 10.2. The number of nitrogens with one attached hydrogen (secondary N) is 1. The van der Waals surface area contributed by atoms with Gasteiger partial charge in [-0.2, -0.15) is 0 Å². The molecule has 0 amide bonds. The Kier molecular flexibility index (Phi) is 6.60. The van der Waals surface area contributed by atoms with Crippen molar-refractivity contribution < 1.29 is 13.2 Å². The zero-order chi connectivity index (χ0) is 16.0. The number of sulfonamides is 1. The second-order valence-corrected chi connectivity index (χ2v) is 6.99. The van der Waals surface area contributed by atoms with Crippen molar-refractivity contribution in [2.24, 2.45) is 5.73 Å². The topological polar surface area (TPSA) is 84.7 Å². The van der Waals surface area contributed by atoms with E-state index in [0.29, 0.717) is 12.3 Å². The van der Waals surface area contributed by atoms with Crippen molar-refractivity contribution in [1.29, 1.82) is 0 Å². The molecule has 0 heterocycles. The highest BCUT2D eigenvalue weighted by Gasteiger charge is 2.21. The minimum atomic E-state index is -3.61. The van der Waals surface area contributed by atoms with Crippen molar-refractivity contribution in [3.05, 3.63) is 23.8 Å². The first-order valence-electron chi connectivity index (χ1n) is 6.84. The number of hydrogen-bond donors (Lipinski definition) is 2. The Bertz CT molecular complexity index is 559. The number of benzene rings is 1. The van der Waals surface area contributed by atoms with E-state index in [1.165, 1.54) is 13.2 Å². The van der Waals surface area contributed by atoms with Crippen LogP contribution in [0.3, 0.4) is 0 Å². The van der Waals surface area contributed by atoms with Gasteiger partial charge in [-0.25, -0.2) is 13.1 Å². The molecule has 0 spiro atoms. The molecular weight excluding hydrogens is 290 g/mol. The zero-order valence-corrected chi connectivity index (χ0v) is 13.9. The first kappa shape index (κ1) is 17.9. The lowest BCUT2D eigenvalue weighted by Crippen LogP contribution is -2.35. The van der Waals surface area contributed by atoms with Crippen LogP contribution in [0.4, 0.5) is 0 Å². The number of hydrogen-bond acceptors (Lipinski definition) is 5. The van der Waals surface area contributed by atoms with Crippen LogP contribution in [0.1, 0.15) is 18.9 Å². The van der Waals surface area contributed by atoms with Gasteiger partial charge < -0.3 is 15.4 Å². The summed E-state index contributed by atoms with van der Waals surface area (Å²) in [6.45, 7) is 3.00. The standard InChI is InChI=1S/C14H25N3O3S/c1-11(7-8-17(2)3)16-21(18,19)14-6-5-12(10-15)9-13(14)20-4/h5-6,9,11,16H,7-8,10,15H2,1-4H3. The first-order chi connectivity index (χ1) is 9.80. The van der Waals surface area contributed by atoms with Gasteiger partial charge >= 0.3 is 0 Å². The van der Waals surface area contributed by atoms with Crippen LogP contribution in [0.2, 0.25) is 0 Å². The normalized spacial score (nSPS) is 13.4. The third-order valence-electron chi connectivity index (χ3n) is 3.12. The van der Waals surface area contributed by atoms with Gasteiger partial charge in [-0.15, -0.1) is 0 Å². The minimum absolute atomic E-state index is 0.138. The Morgan fingerprint density at radius 2 is 2.05 bits per heavy atom. The van der Waals surface area contributed by atoms with Crippen LogP contribution in [0.15, 0.2) is 23.1 Å². The van der Waals surface area contributed by atoms with Crippen molar-refractivity contribution >= 4 is 10.0 Å². The molecule has 0 aliphatic rings. The van der Waals surface area contributed by atoms with Crippen molar-refractivity contribution in [2.75, 3.05) is 27.7 Å². The van der Waals surface area contributed by atoms with Gasteiger partial charge in [-0.1, -0.05) is 6.07 Å². The summed E-state index contributed by atoms with van der Waals surface area (Å²) in [6, 6.07) is 4.72. The highest BCUT2D eigenvalue weighted by Crippen LogP contribution is 2.25. The molecule has 1 aromatic carbocycles. The number of ether oxygens (including phenoxy) is 1. The molecule has 0 aliphatic heterocycles. The fourth-order valence-corrected chi connectivity index (χ4v) is 3.33. The summed E-state index contributed by atoms with van der Waals surface area (Å²) in [4.78, 5) is 2.15. The summed E-state index contributed by atoms with van der Waals surface area (Å²) in [6.07, 6.45) is 0.732. The van der Waals surface area contributed by atoms with Crippen molar-refractivity contribution in [3.63, 3.8) is 0 Å². The van der Waals surface area contributed by atoms with Crippen molar-refractivity contribution in [3.8, 4) is 5.75 Å². The Morgan fingerprint density at radius 1 is 1.38 bits per heavy atom. The van der Waals surface area contributed by atoms with Gasteiger partial charge in [-0.3, -0.25) is 0 Å². The predicted octanol–water partition coefficient (Wildman–Crippen LogP) is 0.772. The Balaban J connectivity index is 2.92. The molecule has 0 fully saturated rings. The van der Waals surface area contributed by atoms with Crippen molar-refractivity contribution in [2.45, 2.75) is 30.8 Å². The van der Waals surface area contributed by atoms with Crippen LogP contribution < -0.4 is 15.2 Å². The Morgan fingerprint density at radius 3 is 2.57 bits per heavy atom. The molecule has 120 valence electrons. The lowest BCUT2D eigenvalue weighted by Gasteiger charge is -2.18. The molecule has 1 aromatic rings. The molecule has 0 aliphatic carbocycles. The third-order valence-corrected chi connectivity index (χ3v) is 4.75. The zero-order valence-electron chi connectivity index (χ0n) is 13.1. The summed E-state index contributed by atoms with van der Waals surface area (Å²) in [7, 11) is 1.75. The second kappa shape index (κ2) is 7.74. The average molecular weight is 315 g/mol. The monoisotopic (exact) mass is 315 g/mol. The molecule has 1 rings (SSSR count). The van der Waals surface area contributed by atoms with Gasteiger partial charge in [0.25, 0.3) is 0 Å². The highest BCUT2D eigenvalue weighted by atomic mass is 32.2. The molecule has 0 aromatic heterocycles. The Labute approximate surface area is 127 Å². The number of nitrogens with zero attached hydrogens (tertiary/aromatic N) is 1. The maximum absolute atomic E-state index is 12.4. The van der Waals surface area contributed by atoms with E-state index in [9.17, 15) is 8.42 Å². The predicted molar refractivity (Wildman–Crippen MR) is 83.8 cm³/mol. The van der Waals surface area contributed by atoms with Crippen LogP contribution in [-0.2, 0) is 16.6 Å². The SMILES string of the molecule is COc1cc(CN)ccc1S(=O)(=O)NC(C)CCN(C)C. The lowest BCUT2D eigenvalue weighted by molar-refractivity contribution is 0.378. The molecule has 3 N–H and O–H groups in total. The molecule has 0 saturated carbocycles. The van der Waals surface area contributed by atoms with E-state index >= 15 is 0 Å². The fraction of sp³-hybridized carbons (Fsp3) is 0.571. The van der Waals surface area contributed by atoms with E-state index in [2.05, 4.69) is 4.72 Å². The van der Waals surface area contributed by atoms with Crippen LogP contribution in [0.5, 0.6) is 5.75 Å². The van der Waals surface area contributed by atoms with Crippen molar-refractivity contribution in [1.82, 2.24) is 9.62 Å². The van der Waals surface area contributed by atoms with Gasteiger partial charge in [0, 0.05) is 12.6 Å². The Hall–Kier alpha value is -1.15. The van der Waals surface area contributed by atoms with E-state index in [0.717, 1.165) is 18.5 Å². The van der Waals surface area contributed by atoms with Crippen LogP contribution >= 0.6 is 0 Å². The molecule has 0 radical (unpaired) electrons. The summed E-state index contributed by atoms with van der Waals surface area (Å²) < 4.78 is 32.7. The second-order valence-electron chi connectivity index (χ2n) is 5.30.